The molecule has 146 valence electrons. The van der Waals surface area contributed by atoms with Gasteiger partial charge in [0.2, 0.25) is 0 Å². The van der Waals surface area contributed by atoms with Crippen LogP contribution in [0.1, 0.15) is 25.3 Å². The second-order valence-electron chi connectivity index (χ2n) is 6.50. The SMILES string of the molecule is CC(C)c1ccccc1Sc1c(O)cc(-c2ccc(OCCO)cc2)oc1=O. The van der Waals surface area contributed by atoms with Gasteiger partial charge in [0, 0.05) is 16.5 Å². The Kier molecular flexibility index (Phi) is 6.44. The smallest absolute Gasteiger partial charge is 0.354 e. The van der Waals surface area contributed by atoms with Crippen LogP contribution in [0.25, 0.3) is 11.3 Å². The number of aromatic hydroxyl groups is 1. The summed E-state index contributed by atoms with van der Waals surface area (Å²) in [6, 6.07) is 16.1. The van der Waals surface area contributed by atoms with Crippen molar-refractivity contribution in [1.29, 1.82) is 0 Å². The van der Waals surface area contributed by atoms with Crippen LogP contribution in [0.15, 0.2) is 73.6 Å². The molecule has 1 heterocycles. The van der Waals surface area contributed by atoms with Crippen molar-refractivity contribution >= 4 is 11.8 Å². The molecule has 2 aromatic carbocycles. The minimum Gasteiger partial charge on any atom is -0.506 e. The van der Waals surface area contributed by atoms with Gasteiger partial charge in [-0.15, -0.1) is 0 Å². The standard InChI is InChI=1S/C22H22O5S/c1-14(2)17-5-3-4-6-20(17)28-21-18(24)13-19(27-22(21)25)15-7-9-16(10-8-15)26-12-11-23/h3-10,13-14,23-24H,11-12H2,1-2H3. The first-order valence-corrected chi connectivity index (χ1v) is 9.79. The van der Waals surface area contributed by atoms with Crippen molar-refractivity contribution in [2.24, 2.45) is 0 Å². The molecule has 0 aliphatic rings. The molecule has 0 aliphatic carbocycles. The molecule has 0 spiro atoms. The number of ether oxygens (including phenoxy) is 1. The van der Waals surface area contributed by atoms with Crippen LogP contribution in [0.5, 0.6) is 11.5 Å². The average molecular weight is 398 g/mol. The first-order chi connectivity index (χ1) is 13.5. The van der Waals surface area contributed by atoms with Gasteiger partial charge in [-0.3, -0.25) is 0 Å². The van der Waals surface area contributed by atoms with Crippen LogP contribution < -0.4 is 10.4 Å². The maximum Gasteiger partial charge on any atom is 0.354 e. The van der Waals surface area contributed by atoms with Gasteiger partial charge in [-0.1, -0.05) is 43.8 Å². The minimum atomic E-state index is -0.584. The molecule has 1 aromatic heterocycles. The molecular formula is C22H22O5S. The highest BCUT2D eigenvalue weighted by Gasteiger charge is 2.16. The Bertz CT molecular complexity index is 993. The molecule has 0 radical (unpaired) electrons. The predicted octanol–water partition coefficient (Wildman–Crippen LogP) is 4.66. The zero-order valence-corrected chi connectivity index (χ0v) is 16.5. The summed E-state index contributed by atoms with van der Waals surface area (Å²) in [5.41, 5.74) is 1.16. The van der Waals surface area contributed by atoms with Crippen LogP contribution in [0, 0.1) is 0 Å². The highest BCUT2D eigenvalue weighted by Crippen LogP contribution is 2.37. The van der Waals surface area contributed by atoms with Crippen molar-refractivity contribution < 1.29 is 19.4 Å². The van der Waals surface area contributed by atoms with Gasteiger partial charge in [0.05, 0.1) is 6.61 Å². The van der Waals surface area contributed by atoms with E-state index in [9.17, 15) is 9.90 Å². The molecule has 0 unspecified atom stereocenters. The van der Waals surface area contributed by atoms with Gasteiger partial charge in [-0.2, -0.15) is 0 Å². The Morgan fingerprint density at radius 1 is 1.11 bits per heavy atom. The fourth-order valence-electron chi connectivity index (χ4n) is 2.75. The summed E-state index contributed by atoms with van der Waals surface area (Å²) in [5.74, 6) is 1.05. The molecular weight excluding hydrogens is 376 g/mol. The summed E-state index contributed by atoms with van der Waals surface area (Å²) >= 11 is 1.21. The van der Waals surface area contributed by atoms with E-state index in [-0.39, 0.29) is 29.6 Å². The lowest BCUT2D eigenvalue weighted by Crippen LogP contribution is -2.04. The maximum absolute atomic E-state index is 12.5. The van der Waals surface area contributed by atoms with E-state index in [1.165, 1.54) is 17.8 Å². The summed E-state index contributed by atoms with van der Waals surface area (Å²) < 4.78 is 10.8. The second-order valence-corrected chi connectivity index (χ2v) is 7.56. The zero-order chi connectivity index (χ0) is 20.1. The highest BCUT2D eigenvalue weighted by atomic mass is 32.2. The van der Waals surface area contributed by atoms with Crippen molar-refractivity contribution in [2.45, 2.75) is 29.6 Å². The van der Waals surface area contributed by atoms with Gasteiger partial charge in [0.1, 0.15) is 28.8 Å². The number of rotatable bonds is 7. The van der Waals surface area contributed by atoms with E-state index in [0.717, 1.165) is 10.5 Å². The van der Waals surface area contributed by atoms with E-state index in [1.54, 1.807) is 24.3 Å². The fraction of sp³-hybridized carbons (Fsp3) is 0.227. The van der Waals surface area contributed by atoms with Gasteiger partial charge in [0.25, 0.3) is 0 Å². The second kappa shape index (κ2) is 8.99. The molecule has 0 amide bonds. The predicted molar refractivity (Wildman–Crippen MR) is 109 cm³/mol. The summed E-state index contributed by atoms with van der Waals surface area (Å²) in [6.07, 6.45) is 0. The fourth-order valence-corrected chi connectivity index (χ4v) is 3.82. The van der Waals surface area contributed by atoms with Gasteiger partial charge >= 0.3 is 5.63 Å². The highest BCUT2D eigenvalue weighted by molar-refractivity contribution is 7.99. The third kappa shape index (κ3) is 4.58. The lowest BCUT2D eigenvalue weighted by Gasteiger charge is -2.12. The van der Waals surface area contributed by atoms with Crippen molar-refractivity contribution in [3.8, 4) is 22.8 Å². The van der Waals surface area contributed by atoms with Crippen LogP contribution in [0.3, 0.4) is 0 Å². The normalized spacial score (nSPS) is 11.0. The Labute approximate surface area is 167 Å². The molecule has 2 N–H and O–H groups in total. The van der Waals surface area contributed by atoms with Crippen LogP contribution in [-0.4, -0.2) is 23.4 Å². The Balaban J connectivity index is 1.89. The lowest BCUT2D eigenvalue weighted by molar-refractivity contribution is 0.201. The zero-order valence-electron chi connectivity index (χ0n) is 15.7. The number of hydrogen-bond donors (Lipinski definition) is 2. The minimum absolute atomic E-state index is 0.0659. The van der Waals surface area contributed by atoms with Crippen LogP contribution >= 0.6 is 11.8 Å². The Morgan fingerprint density at radius 2 is 1.82 bits per heavy atom. The summed E-state index contributed by atoms with van der Waals surface area (Å²) in [6.45, 7) is 4.31. The lowest BCUT2D eigenvalue weighted by atomic mass is 10.0. The van der Waals surface area contributed by atoms with Crippen molar-refractivity contribution in [1.82, 2.24) is 0 Å². The Hall–Kier alpha value is -2.70. The van der Waals surface area contributed by atoms with E-state index in [4.69, 9.17) is 14.3 Å². The molecule has 0 saturated carbocycles. The third-order valence-electron chi connectivity index (χ3n) is 4.14. The van der Waals surface area contributed by atoms with Gasteiger partial charge < -0.3 is 19.4 Å². The molecule has 28 heavy (non-hydrogen) atoms. The monoisotopic (exact) mass is 398 g/mol. The molecule has 0 bridgehead atoms. The van der Waals surface area contributed by atoms with Gasteiger partial charge in [-0.25, -0.2) is 4.79 Å². The number of hydrogen-bond acceptors (Lipinski definition) is 6. The topological polar surface area (TPSA) is 79.9 Å². The van der Waals surface area contributed by atoms with E-state index >= 15 is 0 Å². The van der Waals surface area contributed by atoms with Crippen molar-refractivity contribution in [3.05, 3.63) is 70.6 Å². The summed E-state index contributed by atoms with van der Waals surface area (Å²) in [4.78, 5) is 13.6. The average Bonchev–Trinajstić information content (AvgIpc) is 2.69. The largest absolute Gasteiger partial charge is 0.506 e. The molecule has 6 heteroatoms. The van der Waals surface area contributed by atoms with Crippen LogP contribution in [-0.2, 0) is 0 Å². The molecule has 0 fully saturated rings. The van der Waals surface area contributed by atoms with Gasteiger partial charge in [0.15, 0.2) is 0 Å². The number of aliphatic hydroxyl groups is 1. The van der Waals surface area contributed by atoms with Crippen molar-refractivity contribution in [2.75, 3.05) is 13.2 Å². The third-order valence-corrected chi connectivity index (χ3v) is 5.31. The molecule has 5 nitrogen and oxygen atoms in total. The number of benzene rings is 2. The molecule has 3 aromatic rings. The van der Waals surface area contributed by atoms with Crippen molar-refractivity contribution in [3.63, 3.8) is 0 Å². The molecule has 0 saturated heterocycles. The molecule has 0 atom stereocenters. The summed E-state index contributed by atoms with van der Waals surface area (Å²) in [7, 11) is 0. The first kappa shape index (κ1) is 20.0. The molecule has 3 rings (SSSR count). The Morgan fingerprint density at radius 3 is 2.46 bits per heavy atom. The maximum atomic E-state index is 12.5. The van der Waals surface area contributed by atoms with E-state index in [0.29, 0.717) is 17.2 Å². The van der Waals surface area contributed by atoms with E-state index in [1.807, 2.05) is 24.3 Å². The van der Waals surface area contributed by atoms with Crippen LogP contribution in [0.2, 0.25) is 0 Å². The molecule has 0 aliphatic heterocycles. The van der Waals surface area contributed by atoms with E-state index < -0.39 is 5.63 Å². The van der Waals surface area contributed by atoms with Crippen LogP contribution in [0.4, 0.5) is 0 Å². The quantitative estimate of drug-likeness (QED) is 0.603. The number of aliphatic hydroxyl groups excluding tert-OH is 1. The van der Waals surface area contributed by atoms with E-state index in [2.05, 4.69) is 13.8 Å². The summed E-state index contributed by atoms with van der Waals surface area (Å²) in [5, 5.41) is 19.3. The first-order valence-electron chi connectivity index (χ1n) is 8.97. The van der Waals surface area contributed by atoms with Gasteiger partial charge in [-0.05, 0) is 41.8 Å².